The van der Waals surface area contributed by atoms with E-state index in [1.165, 1.54) is 18.0 Å². The van der Waals surface area contributed by atoms with Gasteiger partial charge in [-0.15, -0.1) is 0 Å². The van der Waals surface area contributed by atoms with Crippen LogP contribution in [0, 0.1) is 17.8 Å². The van der Waals surface area contributed by atoms with Gasteiger partial charge in [0.2, 0.25) is 0 Å². The van der Waals surface area contributed by atoms with Gasteiger partial charge in [-0.25, -0.2) is 4.52 Å². The highest BCUT2D eigenvalue weighted by molar-refractivity contribution is 6.30. The number of anilines is 1. The summed E-state index contributed by atoms with van der Waals surface area (Å²) in [6, 6.07) is 13.7. The number of ether oxygens (including phenoxy) is 3. The number of esters is 2. The SMILES string of the molecule is COc1cc(-n2cnn3cc(-c4ccc(Cl)cc4)cc3c2=O)ccc1N1C[C@H](OC(=O)[C@@H](N)C(C)C)[C@H](OC(=O)[C@@H](C)C(C)C)C1. The maximum Gasteiger partial charge on any atom is 0.323 e. The second-order valence-corrected chi connectivity index (χ2v) is 12.8. The summed E-state index contributed by atoms with van der Waals surface area (Å²) >= 11 is 6.04. The van der Waals surface area contributed by atoms with Gasteiger partial charge in [0.25, 0.3) is 5.56 Å². The molecule has 0 amide bonds. The summed E-state index contributed by atoms with van der Waals surface area (Å²) in [7, 11) is 1.54. The van der Waals surface area contributed by atoms with E-state index in [9.17, 15) is 14.4 Å². The average Bonchev–Trinajstić information content (AvgIpc) is 3.65. The molecule has 1 aliphatic rings. The third kappa shape index (κ3) is 6.75. The lowest BCUT2D eigenvalue weighted by molar-refractivity contribution is -0.168. The van der Waals surface area contributed by atoms with Crippen LogP contribution in [0.3, 0.4) is 0 Å². The zero-order chi connectivity index (χ0) is 33.3. The lowest BCUT2D eigenvalue weighted by Gasteiger charge is -2.24. The van der Waals surface area contributed by atoms with Crippen molar-refractivity contribution in [2.75, 3.05) is 25.1 Å². The summed E-state index contributed by atoms with van der Waals surface area (Å²) in [5, 5.41) is 5.09. The first-order chi connectivity index (χ1) is 21.9. The summed E-state index contributed by atoms with van der Waals surface area (Å²) in [6.45, 7) is 9.93. The van der Waals surface area contributed by atoms with Crippen LogP contribution in [0.15, 0.2) is 65.8 Å². The molecule has 0 aliphatic carbocycles. The zero-order valence-corrected chi connectivity index (χ0v) is 27.6. The molecule has 1 aliphatic heterocycles. The van der Waals surface area contributed by atoms with E-state index >= 15 is 0 Å². The predicted molar refractivity (Wildman–Crippen MR) is 177 cm³/mol. The lowest BCUT2D eigenvalue weighted by Crippen LogP contribution is -2.43. The molecule has 0 bridgehead atoms. The number of aromatic nitrogens is 3. The van der Waals surface area contributed by atoms with Crippen molar-refractivity contribution in [2.45, 2.75) is 52.9 Å². The van der Waals surface area contributed by atoms with Crippen molar-refractivity contribution >= 4 is 34.7 Å². The van der Waals surface area contributed by atoms with Gasteiger partial charge in [0.15, 0.2) is 12.2 Å². The lowest BCUT2D eigenvalue weighted by atomic mass is 9.98. The van der Waals surface area contributed by atoms with Crippen LogP contribution in [0.2, 0.25) is 5.02 Å². The number of nitrogens with two attached hydrogens (primary N) is 1. The van der Waals surface area contributed by atoms with Crippen molar-refractivity contribution in [1.29, 1.82) is 0 Å². The smallest absolute Gasteiger partial charge is 0.323 e. The van der Waals surface area contributed by atoms with E-state index < -0.39 is 24.2 Å². The Morgan fingerprint density at radius 1 is 0.913 bits per heavy atom. The van der Waals surface area contributed by atoms with Gasteiger partial charge in [-0.2, -0.15) is 5.10 Å². The highest BCUT2D eigenvalue weighted by Gasteiger charge is 2.41. The number of fused-ring (bicyclic) bond motifs is 1. The fourth-order valence-corrected chi connectivity index (χ4v) is 5.37. The molecule has 1 saturated heterocycles. The predicted octanol–water partition coefficient (Wildman–Crippen LogP) is 4.73. The number of hydrogen-bond acceptors (Lipinski definition) is 9. The number of halogens is 1. The number of hydrogen-bond donors (Lipinski definition) is 1. The third-order valence-corrected chi connectivity index (χ3v) is 8.85. The first-order valence-electron chi connectivity index (χ1n) is 15.3. The molecule has 0 saturated carbocycles. The molecule has 0 unspecified atom stereocenters. The summed E-state index contributed by atoms with van der Waals surface area (Å²) in [6.07, 6.45) is 1.82. The number of benzene rings is 2. The summed E-state index contributed by atoms with van der Waals surface area (Å²) < 4.78 is 20.5. The Balaban J connectivity index is 1.43. The molecule has 5 rings (SSSR count). The number of carbonyl (C=O) groups excluding carboxylic acids is 2. The van der Waals surface area contributed by atoms with Crippen molar-refractivity contribution in [2.24, 2.45) is 23.5 Å². The van der Waals surface area contributed by atoms with E-state index in [-0.39, 0.29) is 42.4 Å². The summed E-state index contributed by atoms with van der Waals surface area (Å²) in [5.74, 6) is -0.787. The minimum atomic E-state index is -0.805. The van der Waals surface area contributed by atoms with Gasteiger partial charge < -0.3 is 24.8 Å². The monoisotopic (exact) mass is 649 g/mol. The van der Waals surface area contributed by atoms with Crippen LogP contribution < -0.4 is 20.9 Å². The van der Waals surface area contributed by atoms with Crippen LogP contribution in [0.1, 0.15) is 34.6 Å². The second kappa shape index (κ2) is 13.6. The highest BCUT2D eigenvalue weighted by Crippen LogP contribution is 2.35. The third-order valence-electron chi connectivity index (χ3n) is 8.60. The molecule has 1 fully saturated rings. The fourth-order valence-electron chi connectivity index (χ4n) is 5.25. The highest BCUT2D eigenvalue weighted by atomic mass is 35.5. The first kappa shape index (κ1) is 33.0. The van der Waals surface area contributed by atoms with Crippen LogP contribution in [-0.4, -0.2) is 64.6 Å². The van der Waals surface area contributed by atoms with Gasteiger partial charge in [0.05, 0.1) is 37.5 Å². The van der Waals surface area contributed by atoms with Gasteiger partial charge in [0.1, 0.15) is 23.6 Å². The maximum absolute atomic E-state index is 13.6. The number of methoxy groups -OCH3 is 1. The molecule has 0 radical (unpaired) electrons. The average molecular weight is 650 g/mol. The molecule has 2 aromatic carbocycles. The standard InChI is InChI=1S/C34H40ClN5O6/c1-19(2)21(5)33(42)45-29-16-38(17-30(29)46-34(43)31(36)20(3)4)26-12-11-25(14-28(26)44-6)39-18-37-40-15-23(13-27(40)32(39)41)22-7-9-24(35)10-8-22/h7-15,18-21,29-31H,16-17,36H2,1-6H3/t21-,29+,30-,31-/m0/s1. The van der Waals surface area contributed by atoms with E-state index in [0.29, 0.717) is 27.7 Å². The van der Waals surface area contributed by atoms with Gasteiger partial charge >= 0.3 is 11.9 Å². The Hall–Kier alpha value is -4.35. The zero-order valence-electron chi connectivity index (χ0n) is 26.8. The quantitative estimate of drug-likeness (QED) is 0.242. The van der Waals surface area contributed by atoms with Crippen molar-refractivity contribution < 1.29 is 23.8 Å². The second-order valence-electron chi connectivity index (χ2n) is 12.4. The van der Waals surface area contributed by atoms with Crippen LogP contribution in [-0.2, 0) is 19.1 Å². The molecule has 4 atom stereocenters. The van der Waals surface area contributed by atoms with E-state index in [4.69, 9.17) is 31.5 Å². The molecule has 244 valence electrons. The summed E-state index contributed by atoms with van der Waals surface area (Å²) in [5.41, 5.74) is 9.19. The maximum atomic E-state index is 13.6. The normalized spacial score (nSPS) is 17.8. The number of rotatable bonds is 10. The Morgan fingerprint density at radius 3 is 2.17 bits per heavy atom. The Bertz CT molecular complexity index is 1750. The molecular formula is C34H40ClN5O6. The van der Waals surface area contributed by atoms with E-state index in [0.717, 1.165) is 11.1 Å². The minimum Gasteiger partial charge on any atom is -0.495 e. The number of carbonyl (C=O) groups is 2. The van der Waals surface area contributed by atoms with Gasteiger partial charge in [-0.05, 0) is 47.7 Å². The van der Waals surface area contributed by atoms with Crippen molar-refractivity contribution in [3.8, 4) is 22.6 Å². The molecular weight excluding hydrogens is 610 g/mol. The van der Waals surface area contributed by atoms with Crippen LogP contribution >= 0.6 is 11.6 Å². The topological polar surface area (TPSA) is 130 Å². The van der Waals surface area contributed by atoms with Gasteiger partial charge in [0, 0.05) is 22.8 Å². The van der Waals surface area contributed by atoms with E-state index in [2.05, 4.69) is 5.10 Å². The van der Waals surface area contributed by atoms with Gasteiger partial charge in [-0.3, -0.25) is 19.0 Å². The fraction of sp³-hybridized carbons (Fsp3) is 0.412. The largest absolute Gasteiger partial charge is 0.495 e. The first-order valence-corrected chi connectivity index (χ1v) is 15.7. The molecule has 12 heteroatoms. The number of nitrogens with zero attached hydrogens (tertiary/aromatic N) is 4. The molecule has 2 aromatic heterocycles. The minimum absolute atomic E-state index is 0.0842. The molecule has 11 nitrogen and oxygen atoms in total. The van der Waals surface area contributed by atoms with Crippen molar-refractivity contribution in [1.82, 2.24) is 14.2 Å². The van der Waals surface area contributed by atoms with E-state index in [1.54, 1.807) is 41.0 Å². The molecule has 3 heterocycles. The Kier molecular flexibility index (Phi) is 9.74. The Morgan fingerprint density at radius 2 is 1.57 bits per heavy atom. The molecule has 2 N–H and O–H groups in total. The molecule has 46 heavy (non-hydrogen) atoms. The van der Waals surface area contributed by atoms with Crippen molar-refractivity contribution in [3.63, 3.8) is 0 Å². The van der Waals surface area contributed by atoms with E-state index in [1.807, 2.05) is 57.7 Å². The summed E-state index contributed by atoms with van der Waals surface area (Å²) in [4.78, 5) is 41.3. The molecule has 4 aromatic rings. The van der Waals surface area contributed by atoms with Crippen LogP contribution in [0.5, 0.6) is 5.75 Å². The van der Waals surface area contributed by atoms with Gasteiger partial charge in [-0.1, -0.05) is 58.4 Å². The van der Waals surface area contributed by atoms with Crippen LogP contribution in [0.4, 0.5) is 5.69 Å². The molecule has 0 spiro atoms. The van der Waals surface area contributed by atoms with Crippen molar-refractivity contribution in [3.05, 3.63) is 76.4 Å². The van der Waals surface area contributed by atoms with Crippen LogP contribution in [0.25, 0.3) is 22.3 Å². The Labute approximate surface area is 272 Å².